The average molecular weight is 300 g/mol. The first-order valence-electron chi connectivity index (χ1n) is 9.07. The fourth-order valence-electron chi connectivity index (χ4n) is 2.67. The minimum atomic E-state index is 0.0146. The third kappa shape index (κ3) is 7.62. The summed E-state index contributed by atoms with van der Waals surface area (Å²) in [6.45, 7) is 9.90. The van der Waals surface area contributed by atoms with Gasteiger partial charge in [-0.25, -0.2) is 0 Å². The van der Waals surface area contributed by atoms with Crippen LogP contribution in [0.1, 0.15) is 78.6 Å². The van der Waals surface area contributed by atoms with Crippen LogP contribution in [0.5, 0.6) is 0 Å². The van der Waals surface area contributed by atoms with Crippen LogP contribution in [-0.2, 0) is 14.2 Å². The lowest BCUT2D eigenvalue weighted by molar-refractivity contribution is -0.242. The highest BCUT2D eigenvalue weighted by Crippen LogP contribution is 2.30. The summed E-state index contributed by atoms with van der Waals surface area (Å²) in [5.41, 5.74) is 0.0754. The largest absolute Gasteiger partial charge is 0.381 e. The van der Waals surface area contributed by atoms with Crippen molar-refractivity contribution >= 4 is 0 Å². The lowest BCUT2D eigenvalue weighted by Crippen LogP contribution is -2.44. The number of hydrogen-bond donors (Lipinski definition) is 0. The number of unbranched alkanes of at least 4 members (excludes halogenated alkanes) is 5. The maximum absolute atomic E-state index is 5.92. The maximum Gasteiger partial charge on any atom is 0.157 e. The van der Waals surface area contributed by atoms with Gasteiger partial charge in [-0.3, -0.25) is 0 Å². The Bertz CT molecular complexity index is 229. The van der Waals surface area contributed by atoms with Crippen molar-refractivity contribution in [3.63, 3.8) is 0 Å². The monoisotopic (exact) mass is 300 g/mol. The molecule has 0 amide bonds. The van der Waals surface area contributed by atoms with Crippen LogP contribution in [0.15, 0.2) is 0 Å². The zero-order chi connectivity index (χ0) is 15.4. The van der Waals surface area contributed by atoms with Crippen molar-refractivity contribution in [3.05, 3.63) is 0 Å². The van der Waals surface area contributed by atoms with Gasteiger partial charge in [-0.15, -0.1) is 0 Å². The molecule has 0 atom stereocenters. The van der Waals surface area contributed by atoms with Gasteiger partial charge in [0, 0.05) is 12.0 Å². The van der Waals surface area contributed by atoms with Gasteiger partial charge in [0.05, 0.1) is 19.8 Å². The second-order valence-corrected chi connectivity index (χ2v) is 6.51. The third-order valence-corrected chi connectivity index (χ3v) is 4.49. The highest BCUT2D eigenvalue weighted by Gasteiger charge is 2.35. The lowest BCUT2D eigenvalue weighted by Gasteiger charge is -2.39. The summed E-state index contributed by atoms with van der Waals surface area (Å²) in [7, 11) is 0. The van der Waals surface area contributed by atoms with E-state index in [2.05, 4.69) is 20.8 Å². The highest BCUT2D eigenvalue weighted by molar-refractivity contribution is 4.80. The van der Waals surface area contributed by atoms with E-state index in [4.69, 9.17) is 14.2 Å². The highest BCUT2D eigenvalue weighted by atomic mass is 16.7. The molecule has 0 spiro atoms. The third-order valence-electron chi connectivity index (χ3n) is 4.49. The second-order valence-electron chi connectivity index (χ2n) is 6.51. The van der Waals surface area contributed by atoms with Gasteiger partial charge in [-0.1, -0.05) is 52.9 Å². The van der Waals surface area contributed by atoms with E-state index in [1.807, 2.05) is 0 Å². The van der Waals surface area contributed by atoms with Crippen molar-refractivity contribution in [2.45, 2.75) is 84.8 Å². The molecule has 1 rings (SSSR count). The van der Waals surface area contributed by atoms with E-state index in [0.717, 1.165) is 39.3 Å². The Hall–Kier alpha value is -0.120. The Morgan fingerprint density at radius 3 is 2.19 bits per heavy atom. The molecule has 1 aliphatic rings. The Balaban J connectivity index is 2.16. The fraction of sp³-hybridized carbons (Fsp3) is 1.00. The molecule has 1 saturated heterocycles. The molecule has 3 heteroatoms. The minimum Gasteiger partial charge on any atom is -0.381 e. The molecule has 3 nitrogen and oxygen atoms in total. The van der Waals surface area contributed by atoms with Gasteiger partial charge in [0.15, 0.2) is 6.29 Å². The van der Waals surface area contributed by atoms with E-state index < -0.39 is 0 Å². The first-order chi connectivity index (χ1) is 10.3. The van der Waals surface area contributed by atoms with Crippen LogP contribution in [0, 0.1) is 5.41 Å². The van der Waals surface area contributed by atoms with Crippen LogP contribution in [-0.4, -0.2) is 32.7 Å². The number of ether oxygens (including phenoxy) is 3. The predicted octanol–water partition coefficient (Wildman–Crippen LogP) is 4.93. The average Bonchev–Trinajstić information content (AvgIpc) is 2.52. The Morgan fingerprint density at radius 1 is 0.905 bits per heavy atom. The van der Waals surface area contributed by atoms with E-state index in [0.29, 0.717) is 0 Å². The van der Waals surface area contributed by atoms with Crippen molar-refractivity contribution in [3.8, 4) is 0 Å². The van der Waals surface area contributed by atoms with Gasteiger partial charge in [0.1, 0.15) is 0 Å². The van der Waals surface area contributed by atoms with E-state index in [1.54, 1.807) is 0 Å². The summed E-state index contributed by atoms with van der Waals surface area (Å²) in [5, 5.41) is 0. The predicted molar refractivity (Wildman–Crippen MR) is 87.5 cm³/mol. The Morgan fingerprint density at radius 2 is 1.57 bits per heavy atom. The molecule has 126 valence electrons. The summed E-state index contributed by atoms with van der Waals surface area (Å²) in [5.74, 6) is 0. The van der Waals surface area contributed by atoms with Crippen LogP contribution in [0.3, 0.4) is 0 Å². The second kappa shape index (κ2) is 11.4. The first kappa shape index (κ1) is 18.9. The molecule has 0 N–H and O–H groups in total. The molecule has 1 fully saturated rings. The Labute approximate surface area is 131 Å². The standard InChI is InChI=1S/C18H36O3/c1-4-7-9-11-13-19-14-18(6-3)15-20-17(21-16-18)12-10-8-5-2/h17H,4-16H2,1-3H3. The molecule has 0 bridgehead atoms. The topological polar surface area (TPSA) is 27.7 Å². The van der Waals surface area contributed by atoms with Gasteiger partial charge in [-0.2, -0.15) is 0 Å². The van der Waals surface area contributed by atoms with E-state index in [9.17, 15) is 0 Å². The SMILES string of the molecule is CCCCCCOCC1(CC)COC(CCCCC)OC1. The van der Waals surface area contributed by atoms with Crippen LogP contribution >= 0.6 is 0 Å². The van der Waals surface area contributed by atoms with Gasteiger partial charge >= 0.3 is 0 Å². The maximum atomic E-state index is 5.92. The van der Waals surface area contributed by atoms with Gasteiger partial charge in [0.2, 0.25) is 0 Å². The molecule has 21 heavy (non-hydrogen) atoms. The van der Waals surface area contributed by atoms with Crippen molar-refractivity contribution in [2.75, 3.05) is 26.4 Å². The molecule has 0 aromatic rings. The van der Waals surface area contributed by atoms with Gasteiger partial charge < -0.3 is 14.2 Å². The van der Waals surface area contributed by atoms with Crippen LogP contribution in [0.2, 0.25) is 0 Å². The normalized spacial score (nSPS) is 26.1. The summed E-state index contributed by atoms with van der Waals surface area (Å²) >= 11 is 0. The summed E-state index contributed by atoms with van der Waals surface area (Å²) in [4.78, 5) is 0. The van der Waals surface area contributed by atoms with Crippen LogP contribution in [0.25, 0.3) is 0 Å². The molecule has 0 radical (unpaired) electrons. The molecule has 1 heterocycles. The number of hydrogen-bond acceptors (Lipinski definition) is 3. The summed E-state index contributed by atoms with van der Waals surface area (Å²) in [6, 6.07) is 0. The molecular weight excluding hydrogens is 264 g/mol. The fourth-order valence-corrected chi connectivity index (χ4v) is 2.67. The number of rotatable bonds is 12. The smallest absolute Gasteiger partial charge is 0.157 e. The quantitative estimate of drug-likeness (QED) is 0.478. The van der Waals surface area contributed by atoms with Crippen molar-refractivity contribution in [1.29, 1.82) is 0 Å². The van der Waals surface area contributed by atoms with Crippen molar-refractivity contribution < 1.29 is 14.2 Å². The Kier molecular flexibility index (Phi) is 10.3. The van der Waals surface area contributed by atoms with E-state index in [-0.39, 0.29) is 11.7 Å². The molecular formula is C18H36O3. The minimum absolute atomic E-state index is 0.0146. The first-order valence-corrected chi connectivity index (χ1v) is 9.07. The van der Waals surface area contributed by atoms with Crippen LogP contribution < -0.4 is 0 Å². The molecule has 0 unspecified atom stereocenters. The molecule has 0 aromatic carbocycles. The summed E-state index contributed by atoms with van der Waals surface area (Å²) in [6.07, 6.45) is 10.9. The molecule has 0 saturated carbocycles. The molecule has 0 aliphatic carbocycles. The lowest BCUT2D eigenvalue weighted by atomic mass is 9.87. The van der Waals surface area contributed by atoms with Gasteiger partial charge in [-0.05, 0) is 25.7 Å². The molecule has 1 aliphatic heterocycles. The van der Waals surface area contributed by atoms with Gasteiger partial charge in [0.25, 0.3) is 0 Å². The van der Waals surface area contributed by atoms with Crippen molar-refractivity contribution in [1.82, 2.24) is 0 Å². The summed E-state index contributed by atoms with van der Waals surface area (Å²) < 4.78 is 17.7. The van der Waals surface area contributed by atoms with Crippen LogP contribution in [0.4, 0.5) is 0 Å². The van der Waals surface area contributed by atoms with Crippen molar-refractivity contribution in [2.24, 2.45) is 5.41 Å². The zero-order valence-electron chi connectivity index (χ0n) is 14.5. The molecule has 0 aromatic heterocycles. The van der Waals surface area contributed by atoms with E-state index >= 15 is 0 Å². The van der Waals surface area contributed by atoms with E-state index in [1.165, 1.54) is 44.9 Å². The zero-order valence-corrected chi connectivity index (χ0v) is 14.5.